The van der Waals surface area contributed by atoms with E-state index >= 15 is 0 Å². The normalized spacial score (nSPS) is 28.1. The number of hydrogen-bond acceptors (Lipinski definition) is 4. The van der Waals surface area contributed by atoms with E-state index in [9.17, 15) is 9.59 Å². The van der Waals surface area contributed by atoms with Gasteiger partial charge in [0.15, 0.2) is 5.79 Å². The van der Waals surface area contributed by atoms with Crippen LogP contribution in [-0.2, 0) is 19.1 Å². The first kappa shape index (κ1) is 14.8. The molecule has 1 atom stereocenters. The highest BCUT2D eigenvalue weighted by Crippen LogP contribution is 2.38. The maximum absolute atomic E-state index is 11.8. The lowest BCUT2D eigenvalue weighted by Crippen LogP contribution is -2.46. The predicted octanol–water partition coefficient (Wildman–Crippen LogP) is 0.847. The number of rotatable bonds is 3. The molecule has 0 aromatic carbocycles. The summed E-state index contributed by atoms with van der Waals surface area (Å²) in [6, 6.07) is 0.163. The second kappa shape index (κ2) is 6.32. The van der Waals surface area contributed by atoms with Crippen LogP contribution in [0.1, 0.15) is 51.4 Å². The van der Waals surface area contributed by atoms with Crippen molar-refractivity contribution < 1.29 is 19.1 Å². The average Bonchev–Trinajstić information content (AvgIpc) is 3.21. The molecular weight excluding hydrogens is 272 g/mol. The summed E-state index contributed by atoms with van der Waals surface area (Å²) < 4.78 is 11.6. The van der Waals surface area contributed by atoms with Crippen LogP contribution in [-0.4, -0.2) is 42.9 Å². The number of carbonyl (C=O) groups excluding carboxylic acids is 2. The molecule has 2 saturated carbocycles. The van der Waals surface area contributed by atoms with Gasteiger partial charge in [-0.15, -0.1) is 0 Å². The summed E-state index contributed by atoms with van der Waals surface area (Å²) in [4.78, 5) is 23.5. The van der Waals surface area contributed by atoms with Crippen molar-refractivity contribution in [2.75, 3.05) is 13.2 Å². The van der Waals surface area contributed by atoms with Crippen molar-refractivity contribution in [1.82, 2.24) is 10.6 Å². The van der Waals surface area contributed by atoms with E-state index in [0.29, 0.717) is 13.2 Å². The standard InChI is InChI=1S/C15H24N2O4/c18-13(14(19)17-11-5-1-2-6-11)16-9-12-10-20-15(21-12)7-3-4-8-15/h11-12H,1-10H2,(H,16,18)(H,17,19)/t12-/m1/s1. The molecule has 2 aliphatic carbocycles. The van der Waals surface area contributed by atoms with Crippen LogP contribution in [0.25, 0.3) is 0 Å². The molecule has 2 N–H and O–H groups in total. The van der Waals surface area contributed by atoms with Crippen LogP contribution in [0.3, 0.4) is 0 Å². The summed E-state index contributed by atoms with van der Waals surface area (Å²) in [5.41, 5.74) is 0. The lowest BCUT2D eigenvalue weighted by Gasteiger charge is -2.21. The lowest BCUT2D eigenvalue weighted by molar-refractivity contribution is -0.161. The van der Waals surface area contributed by atoms with Crippen molar-refractivity contribution in [1.29, 1.82) is 0 Å². The van der Waals surface area contributed by atoms with E-state index in [2.05, 4.69) is 10.6 Å². The first-order valence-corrected chi connectivity index (χ1v) is 8.07. The van der Waals surface area contributed by atoms with Gasteiger partial charge in [-0.25, -0.2) is 0 Å². The third-order valence-electron chi connectivity index (χ3n) is 4.67. The van der Waals surface area contributed by atoms with Crippen molar-refractivity contribution >= 4 is 11.8 Å². The Hall–Kier alpha value is -1.14. The fraction of sp³-hybridized carbons (Fsp3) is 0.867. The predicted molar refractivity (Wildman–Crippen MR) is 75.4 cm³/mol. The fourth-order valence-corrected chi connectivity index (χ4v) is 3.50. The van der Waals surface area contributed by atoms with E-state index in [-0.39, 0.29) is 12.1 Å². The Morgan fingerprint density at radius 2 is 1.76 bits per heavy atom. The molecule has 1 spiro atoms. The van der Waals surface area contributed by atoms with Gasteiger partial charge in [-0.1, -0.05) is 12.8 Å². The second-order valence-corrected chi connectivity index (χ2v) is 6.33. The van der Waals surface area contributed by atoms with E-state index in [1.165, 1.54) is 0 Å². The maximum atomic E-state index is 11.8. The van der Waals surface area contributed by atoms with E-state index in [0.717, 1.165) is 51.4 Å². The van der Waals surface area contributed by atoms with Crippen LogP contribution >= 0.6 is 0 Å². The largest absolute Gasteiger partial charge is 0.347 e. The molecule has 0 radical (unpaired) electrons. The first-order valence-electron chi connectivity index (χ1n) is 8.07. The van der Waals surface area contributed by atoms with Gasteiger partial charge in [-0.2, -0.15) is 0 Å². The molecule has 3 aliphatic rings. The Bertz CT molecular complexity index is 400. The summed E-state index contributed by atoms with van der Waals surface area (Å²) in [6.45, 7) is 0.823. The monoisotopic (exact) mass is 296 g/mol. The Balaban J connectivity index is 1.38. The van der Waals surface area contributed by atoms with Gasteiger partial charge in [-0.05, 0) is 25.7 Å². The minimum atomic E-state index is -0.571. The average molecular weight is 296 g/mol. The van der Waals surface area contributed by atoms with Gasteiger partial charge >= 0.3 is 11.8 Å². The molecule has 0 bridgehead atoms. The quantitative estimate of drug-likeness (QED) is 0.757. The molecule has 2 amide bonds. The molecule has 3 rings (SSSR count). The van der Waals surface area contributed by atoms with Crippen LogP contribution in [0, 0.1) is 0 Å². The number of nitrogens with one attached hydrogen (secondary N) is 2. The summed E-state index contributed by atoms with van der Waals surface area (Å²) in [6.07, 6.45) is 8.17. The molecule has 0 aromatic heterocycles. The number of ether oxygens (including phenoxy) is 2. The first-order chi connectivity index (χ1) is 10.2. The van der Waals surface area contributed by atoms with Crippen LogP contribution in [0.5, 0.6) is 0 Å². The summed E-state index contributed by atoms with van der Waals surface area (Å²) >= 11 is 0. The van der Waals surface area contributed by atoms with E-state index < -0.39 is 17.6 Å². The van der Waals surface area contributed by atoms with E-state index in [1.54, 1.807) is 0 Å². The maximum Gasteiger partial charge on any atom is 0.309 e. The van der Waals surface area contributed by atoms with Crippen LogP contribution in [0.2, 0.25) is 0 Å². The third-order valence-corrected chi connectivity index (χ3v) is 4.67. The van der Waals surface area contributed by atoms with Crippen molar-refractivity contribution in [3.8, 4) is 0 Å². The fourth-order valence-electron chi connectivity index (χ4n) is 3.50. The number of amides is 2. The van der Waals surface area contributed by atoms with Gasteiger partial charge in [0.25, 0.3) is 0 Å². The molecule has 118 valence electrons. The Labute approximate surface area is 124 Å². The number of hydrogen-bond donors (Lipinski definition) is 2. The zero-order chi connectivity index (χ0) is 14.7. The van der Waals surface area contributed by atoms with Gasteiger partial charge in [0, 0.05) is 25.4 Å². The molecule has 0 aromatic rings. The lowest BCUT2D eigenvalue weighted by atomic mass is 10.2. The van der Waals surface area contributed by atoms with Crippen LogP contribution in [0.15, 0.2) is 0 Å². The summed E-state index contributed by atoms with van der Waals surface area (Å²) in [7, 11) is 0. The summed E-state index contributed by atoms with van der Waals surface area (Å²) in [5.74, 6) is -1.52. The smallest absolute Gasteiger partial charge is 0.309 e. The molecule has 0 unspecified atom stereocenters. The molecule has 21 heavy (non-hydrogen) atoms. The van der Waals surface area contributed by atoms with Gasteiger partial charge < -0.3 is 20.1 Å². The molecular formula is C15H24N2O4. The molecule has 3 fully saturated rings. The third kappa shape index (κ3) is 3.55. The Morgan fingerprint density at radius 3 is 2.48 bits per heavy atom. The van der Waals surface area contributed by atoms with Gasteiger partial charge in [0.1, 0.15) is 6.10 Å². The highest BCUT2D eigenvalue weighted by molar-refractivity contribution is 6.35. The highest BCUT2D eigenvalue weighted by Gasteiger charge is 2.43. The topological polar surface area (TPSA) is 76.7 Å². The zero-order valence-corrected chi connectivity index (χ0v) is 12.4. The van der Waals surface area contributed by atoms with E-state index in [4.69, 9.17) is 9.47 Å². The van der Waals surface area contributed by atoms with Crippen LogP contribution < -0.4 is 10.6 Å². The molecule has 1 aliphatic heterocycles. The zero-order valence-electron chi connectivity index (χ0n) is 12.4. The van der Waals surface area contributed by atoms with Gasteiger partial charge in [-0.3, -0.25) is 9.59 Å². The van der Waals surface area contributed by atoms with Crippen molar-refractivity contribution in [2.45, 2.75) is 69.3 Å². The Morgan fingerprint density at radius 1 is 1.05 bits per heavy atom. The van der Waals surface area contributed by atoms with Crippen molar-refractivity contribution in [3.05, 3.63) is 0 Å². The van der Waals surface area contributed by atoms with Gasteiger partial charge in [0.05, 0.1) is 6.61 Å². The number of carbonyl (C=O) groups is 2. The highest BCUT2D eigenvalue weighted by atomic mass is 16.7. The van der Waals surface area contributed by atoms with Crippen molar-refractivity contribution in [2.24, 2.45) is 0 Å². The molecule has 1 saturated heterocycles. The summed E-state index contributed by atoms with van der Waals surface area (Å²) in [5, 5.41) is 5.43. The minimum Gasteiger partial charge on any atom is -0.347 e. The van der Waals surface area contributed by atoms with Crippen LogP contribution in [0.4, 0.5) is 0 Å². The molecule has 6 nitrogen and oxygen atoms in total. The molecule has 6 heteroatoms. The minimum absolute atomic E-state index is 0.147. The Kier molecular flexibility index (Phi) is 4.45. The SMILES string of the molecule is O=C(NC[C@@H]1COC2(CCCC2)O1)C(=O)NC1CCCC1. The van der Waals surface area contributed by atoms with Gasteiger partial charge in [0.2, 0.25) is 0 Å². The van der Waals surface area contributed by atoms with Crippen molar-refractivity contribution in [3.63, 3.8) is 0 Å². The van der Waals surface area contributed by atoms with E-state index in [1.807, 2.05) is 0 Å². The second-order valence-electron chi connectivity index (χ2n) is 6.33. The molecule has 1 heterocycles.